The van der Waals surface area contributed by atoms with E-state index in [0.29, 0.717) is 17.7 Å². The van der Waals surface area contributed by atoms with Crippen LogP contribution in [0.5, 0.6) is 0 Å². The van der Waals surface area contributed by atoms with Gasteiger partial charge in [0, 0.05) is 17.5 Å². The molecule has 1 aliphatic rings. The van der Waals surface area contributed by atoms with E-state index in [9.17, 15) is 9.59 Å². The number of amides is 1. The molecule has 1 fully saturated rings. The van der Waals surface area contributed by atoms with Crippen molar-refractivity contribution in [1.82, 2.24) is 14.9 Å². The van der Waals surface area contributed by atoms with Crippen LogP contribution in [0.2, 0.25) is 0 Å². The van der Waals surface area contributed by atoms with Crippen molar-refractivity contribution in [2.75, 3.05) is 0 Å². The molecule has 1 N–H and O–H groups in total. The van der Waals surface area contributed by atoms with Gasteiger partial charge in [0.1, 0.15) is 4.83 Å². The molecule has 1 aliphatic carbocycles. The molecule has 25 heavy (non-hydrogen) atoms. The molecule has 1 amide bonds. The second-order valence-electron chi connectivity index (χ2n) is 6.66. The van der Waals surface area contributed by atoms with E-state index in [1.54, 1.807) is 15.9 Å². The zero-order valence-electron chi connectivity index (χ0n) is 15.2. The Kier molecular flexibility index (Phi) is 5.53. The Bertz CT molecular complexity index is 850. The summed E-state index contributed by atoms with van der Waals surface area (Å²) in [6.45, 7) is 8.37. The number of carbonyl (C=O) groups excluding carboxylic acids is 1. The topological polar surface area (TPSA) is 64.0 Å². The third-order valence-electron chi connectivity index (χ3n) is 4.92. The summed E-state index contributed by atoms with van der Waals surface area (Å²) in [5, 5.41) is 4.21. The van der Waals surface area contributed by atoms with Crippen LogP contribution in [0.4, 0.5) is 0 Å². The van der Waals surface area contributed by atoms with Crippen LogP contribution in [0.25, 0.3) is 10.2 Å². The number of rotatable bonds is 5. The maximum absolute atomic E-state index is 12.9. The Balaban J connectivity index is 1.87. The highest BCUT2D eigenvalue weighted by Gasteiger charge is 2.24. The lowest BCUT2D eigenvalue weighted by Crippen LogP contribution is -2.38. The van der Waals surface area contributed by atoms with E-state index in [2.05, 4.69) is 5.32 Å². The monoisotopic (exact) mass is 379 g/mol. The molecule has 1 saturated carbocycles. The Morgan fingerprint density at radius 3 is 2.72 bits per heavy atom. The van der Waals surface area contributed by atoms with Gasteiger partial charge >= 0.3 is 0 Å². The third-order valence-corrected chi connectivity index (χ3v) is 7.11. The Morgan fingerprint density at radius 2 is 2.08 bits per heavy atom. The number of thioether (sulfide) groups is 1. The molecule has 7 heteroatoms. The number of fused-ring (bicyclic) bond motifs is 1. The average Bonchev–Trinajstić information content (AvgIpc) is 3.16. The van der Waals surface area contributed by atoms with Crippen LogP contribution in [0.1, 0.15) is 50.0 Å². The SMILES string of the molecule is CCn1c(SC(C)C(=O)NC2CCCC2)nc2sc(C)c(C)c2c1=O. The van der Waals surface area contributed by atoms with Gasteiger partial charge in [-0.1, -0.05) is 24.6 Å². The highest BCUT2D eigenvalue weighted by Crippen LogP contribution is 2.30. The van der Waals surface area contributed by atoms with Crippen LogP contribution in [-0.4, -0.2) is 26.8 Å². The van der Waals surface area contributed by atoms with Crippen molar-refractivity contribution in [3.8, 4) is 0 Å². The third kappa shape index (κ3) is 3.62. The van der Waals surface area contributed by atoms with Crippen molar-refractivity contribution >= 4 is 39.2 Å². The van der Waals surface area contributed by atoms with E-state index in [1.165, 1.54) is 24.6 Å². The number of nitrogens with one attached hydrogen (secondary N) is 1. The minimum absolute atomic E-state index is 0.000232. The summed E-state index contributed by atoms with van der Waals surface area (Å²) in [5.74, 6) is 0.0347. The van der Waals surface area contributed by atoms with Gasteiger partial charge in [0.2, 0.25) is 5.91 Å². The van der Waals surface area contributed by atoms with E-state index in [-0.39, 0.29) is 16.7 Å². The minimum atomic E-state index is -0.273. The Labute approximate surface area is 156 Å². The number of hydrogen-bond acceptors (Lipinski definition) is 5. The second kappa shape index (κ2) is 7.50. The summed E-state index contributed by atoms with van der Waals surface area (Å²) in [4.78, 5) is 31.9. The summed E-state index contributed by atoms with van der Waals surface area (Å²) in [6, 6.07) is 0.307. The highest BCUT2D eigenvalue weighted by atomic mass is 32.2. The number of hydrogen-bond donors (Lipinski definition) is 1. The fourth-order valence-electron chi connectivity index (χ4n) is 3.28. The number of carbonyl (C=O) groups is 1. The van der Waals surface area contributed by atoms with Crippen LogP contribution in [0.15, 0.2) is 9.95 Å². The molecule has 2 aromatic rings. The molecule has 0 radical (unpaired) electrons. The molecule has 5 nitrogen and oxygen atoms in total. The molecule has 1 unspecified atom stereocenters. The fourth-order valence-corrected chi connectivity index (χ4v) is 5.33. The first kappa shape index (κ1) is 18.5. The maximum Gasteiger partial charge on any atom is 0.263 e. The van der Waals surface area contributed by atoms with Gasteiger partial charge in [0.05, 0.1) is 10.6 Å². The molecule has 2 aromatic heterocycles. The molecule has 0 aliphatic heterocycles. The first-order chi connectivity index (χ1) is 11.9. The predicted molar refractivity (Wildman–Crippen MR) is 105 cm³/mol. The molecule has 0 aromatic carbocycles. The lowest BCUT2D eigenvalue weighted by atomic mass is 10.2. The van der Waals surface area contributed by atoms with Gasteiger partial charge < -0.3 is 5.32 Å². The van der Waals surface area contributed by atoms with Crippen LogP contribution in [0.3, 0.4) is 0 Å². The molecular weight excluding hydrogens is 354 g/mol. The van der Waals surface area contributed by atoms with Gasteiger partial charge in [-0.05, 0) is 46.1 Å². The molecule has 0 bridgehead atoms. The van der Waals surface area contributed by atoms with E-state index in [0.717, 1.165) is 33.5 Å². The molecular formula is C18H25N3O2S2. The van der Waals surface area contributed by atoms with Gasteiger partial charge in [0.25, 0.3) is 5.56 Å². The Morgan fingerprint density at radius 1 is 1.40 bits per heavy atom. The van der Waals surface area contributed by atoms with E-state index >= 15 is 0 Å². The molecule has 1 atom stereocenters. The van der Waals surface area contributed by atoms with Crippen LogP contribution in [0, 0.1) is 13.8 Å². The summed E-state index contributed by atoms with van der Waals surface area (Å²) >= 11 is 2.93. The summed E-state index contributed by atoms with van der Waals surface area (Å²) in [7, 11) is 0. The number of thiophene rings is 1. The standard InChI is InChI=1S/C18H25N3O2S2/c1-5-21-17(23)14-10(2)11(3)24-16(14)20-18(21)25-12(4)15(22)19-13-8-6-7-9-13/h12-13H,5-9H2,1-4H3,(H,19,22). The van der Waals surface area contributed by atoms with Gasteiger partial charge in [-0.25, -0.2) is 4.98 Å². The Hall–Kier alpha value is -1.34. The quantitative estimate of drug-likeness (QED) is 0.636. The van der Waals surface area contributed by atoms with Gasteiger partial charge in [-0.3, -0.25) is 14.2 Å². The van der Waals surface area contributed by atoms with Gasteiger partial charge in [0.15, 0.2) is 5.16 Å². The maximum atomic E-state index is 12.9. The number of aryl methyl sites for hydroxylation is 2. The van der Waals surface area contributed by atoms with Crippen molar-refractivity contribution in [1.29, 1.82) is 0 Å². The van der Waals surface area contributed by atoms with Crippen LogP contribution < -0.4 is 10.9 Å². The first-order valence-electron chi connectivity index (χ1n) is 8.90. The number of aromatic nitrogens is 2. The summed E-state index contributed by atoms with van der Waals surface area (Å²) < 4.78 is 1.69. The van der Waals surface area contributed by atoms with Gasteiger partial charge in [-0.2, -0.15) is 0 Å². The first-order valence-corrected chi connectivity index (χ1v) is 10.6. The largest absolute Gasteiger partial charge is 0.352 e. The zero-order valence-corrected chi connectivity index (χ0v) is 16.9. The van der Waals surface area contributed by atoms with Crippen molar-refractivity contribution in [2.24, 2.45) is 0 Å². The summed E-state index contributed by atoms with van der Waals surface area (Å²) in [6.07, 6.45) is 4.52. The van der Waals surface area contributed by atoms with Crippen LogP contribution in [-0.2, 0) is 11.3 Å². The molecule has 0 saturated heterocycles. The van der Waals surface area contributed by atoms with E-state index in [4.69, 9.17) is 4.98 Å². The van der Waals surface area contributed by atoms with E-state index in [1.807, 2.05) is 27.7 Å². The highest BCUT2D eigenvalue weighted by molar-refractivity contribution is 8.00. The normalized spacial score (nSPS) is 16.5. The minimum Gasteiger partial charge on any atom is -0.352 e. The smallest absolute Gasteiger partial charge is 0.263 e. The predicted octanol–water partition coefficient (Wildman–Crippen LogP) is 3.63. The molecule has 0 spiro atoms. The van der Waals surface area contributed by atoms with Crippen molar-refractivity contribution in [3.05, 3.63) is 20.8 Å². The van der Waals surface area contributed by atoms with Crippen LogP contribution >= 0.6 is 23.1 Å². The average molecular weight is 380 g/mol. The lowest BCUT2D eigenvalue weighted by molar-refractivity contribution is -0.120. The molecule has 2 heterocycles. The van der Waals surface area contributed by atoms with E-state index < -0.39 is 0 Å². The molecule has 3 rings (SSSR count). The molecule has 136 valence electrons. The van der Waals surface area contributed by atoms with Crippen molar-refractivity contribution < 1.29 is 4.79 Å². The lowest BCUT2D eigenvalue weighted by Gasteiger charge is -2.17. The number of nitrogens with zero attached hydrogens (tertiary/aromatic N) is 2. The second-order valence-corrected chi connectivity index (χ2v) is 9.17. The summed E-state index contributed by atoms with van der Waals surface area (Å²) in [5.41, 5.74) is 1.02. The van der Waals surface area contributed by atoms with Crippen molar-refractivity contribution in [3.63, 3.8) is 0 Å². The zero-order chi connectivity index (χ0) is 18.1. The van der Waals surface area contributed by atoms with Gasteiger partial charge in [-0.15, -0.1) is 11.3 Å². The van der Waals surface area contributed by atoms with Crippen molar-refractivity contribution in [2.45, 2.75) is 76.4 Å². The fraction of sp³-hybridized carbons (Fsp3) is 0.611.